The molecule has 1 amide bonds. The molecule has 418 valence electrons. The van der Waals surface area contributed by atoms with E-state index < -0.39 is 49.5 Å². The van der Waals surface area contributed by atoms with Crippen LogP contribution in [0, 0.1) is 0 Å². The van der Waals surface area contributed by atoms with Gasteiger partial charge in [-0.25, -0.2) is 0 Å². The van der Waals surface area contributed by atoms with E-state index in [9.17, 15) is 30.3 Å². The Morgan fingerprint density at radius 3 is 1.28 bits per heavy atom. The van der Waals surface area contributed by atoms with Crippen molar-refractivity contribution in [3.8, 4) is 0 Å². The van der Waals surface area contributed by atoms with E-state index in [1.807, 2.05) is 0 Å². The number of carbonyl (C=O) groups excluding carboxylic acids is 1. The lowest BCUT2D eigenvalue weighted by atomic mass is 9.99. The minimum Gasteiger partial charge on any atom is -0.394 e. The molecule has 1 saturated heterocycles. The Kier molecular flexibility index (Phi) is 48.9. The van der Waals surface area contributed by atoms with Gasteiger partial charge >= 0.3 is 0 Å². The van der Waals surface area contributed by atoms with Gasteiger partial charge in [-0.3, -0.25) is 4.79 Å². The first-order chi connectivity index (χ1) is 35.3. The second-order valence-electron chi connectivity index (χ2n) is 20.8. The summed E-state index contributed by atoms with van der Waals surface area (Å²) in [5.74, 6) is -0.145. The molecule has 0 aromatic rings. The van der Waals surface area contributed by atoms with Crippen molar-refractivity contribution in [2.24, 2.45) is 0 Å². The molecule has 0 radical (unpaired) electrons. The molecule has 1 aliphatic rings. The smallest absolute Gasteiger partial charge is 0.220 e. The van der Waals surface area contributed by atoms with Crippen LogP contribution in [-0.4, -0.2) is 87.5 Å². The predicted octanol–water partition coefficient (Wildman–Crippen LogP) is 15.2. The molecule has 9 nitrogen and oxygen atoms in total. The van der Waals surface area contributed by atoms with Crippen LogP contribution in [0.3, 0.4) is 0 Å². The van der Waals surface area contributed by atoms with Gasteiger partial charge in [-0.1, -0.05) is 267 Å². The Bertz CT molecular complexity index is 1360. The van der Waals surface area contributed by atoms with Crippen LogP contribution in [-0.2, 0) is 14.3 Å². The van der Waals surface area contributed by atoms with Crippen LogP contribution >= 0.6 is 0 Å². The standard InChI is InChI=1S/C63H113NO8/c1-3-5-7-9-11-13-15-17-19-21-22-23-24-25-26-27-28-29-30-31-32-33-34-35-36-37-39-41-43-45-47-49-51-53-59(67)64-56(55-71-63-62(70)61(69)60(68)58(54-65)72-63)57(66)52-50-48-46-44-42-40-38-20-18-16-14-12-10-8-6-4-2/h5,7,11,13,17,19,22-23,25-26,28-29,56-58,60-63,65-66,68-70H,3-4,6,8-10,12,14-16,18,20-21,24,27,30-55H2,1-2H3,(H,64,67)/b7-5-,13-11-,19-17-,23-22-,26-25-,29-28-. The third-order valence-corrected chi connectivity index (χ3v) is 14.1. The van der Waals surface area contributed by atoms with Gasteiger partial charge < -0.3 is 40.3 Å². The molecule has 7 unspecified atom stereocenters. The Morgan fingerprint density at radius 1 is 0.486 bits per heavy atom. The lowest BCUT2D eigenvalue weighted by Crippen LogP contribution is -2.60. The van der Waals surface area contributed by atoms with Gasteiger partial charge in [-0.15, -0.1) is 0 Å². The summed E-state index contributed by atoms with van der Waals surface area (Å²) in [6.07, 6.45) is 65.0. The van der Waals surface area contributed by atoms with E-state index in [0.29, 0.717) is 12.8 Å². The van der Waals surface area contributed by atoms with Gasteiger partial charge in [0.25, 0.3) is 0 Å². The summed E-state index contributed by atoms with van der Waals surface area (Å²) in [5.41, 5.74) is 0. The fourth-order valence-corrected chi connectivity index (χ4v) is 9.34. The molecular formula is C63H113NO8. The zero-order valence-electron chi connectivity index (χ0n) is 46.4. The number of hydrogen-bond donors (Lipinski definition) is 6. The van der Waals surface area contributed by atoms with E-state index in [2.05, 4.69) is 92.1 Å². The second-order valence-corrected chi connectivity index (χ2v) is 20.8. The number of aliphatic hydroxyl groups excluding tert-OH is 5. The average molecular weight is 1010 g/mol. The van der Waals surface area contributed by atoms with Gasteiger partial charge in [0, 0.05) is 6.42 Å². The van der Waals surface area contributed by atoms with Crippen LogP contribution < -0.4 is 5.32 Å². The lowest BCUT2D eigenvalue weighted by molar-refractivity contribution is -0.302. The van der Waals surface area contributed by atoms with E-state index in [1.165, 1.54) is 161 Å². The summed E-state index contributed by atoms with van der Waals surface area (Å²) in [6, 6.07) is -0.722. The quantitative estimate of drug-likeness (QED) is 0.0261. The van der Waals surface area contributed by atoms with Crippen LogP contribution in [0.5, 0.6) is 0 Å². The molecule has 0 aliphatic carbocycles. The minimum absolute atomic E-state index is 0.139. The average Bonchev–Trinajstić information content (AvgIpc) is 3.38. The summed E-state index contributed by atoms with van der Waals surface area (Å²) >= 11 is 0. The van der Waals surface area contributed by atoms with Crippen molar-refractivity contribution < 1.29 is 39.8 Å². The highest BCUT2D eigenvalue weighted by molar-refractivity contribution is 5.76. The van der Waals surface area contributed by atoms with E-state index in [4.69, 9.17) is 9.47 Å². The lowest BCUT2D eigenvalue weighted by Gasteiger charge is -2.40. The highest BCUT2D eigenvalue weighted by atomic mass is 16.7. The Labute approximate surface area is 442 Å². The van der Waals surface area contributed by atoms with Crippen LogP contribution in [0.2, 0.25) is 0 Å². The van der Waals surface area contributed by atoms with Crippen molar-refractivity contribution in [2.45, 2.75) is 307 Å². The molecule has 0 aromatic carbocycles. The van der Waals surface area contributed by atoms with Crippen molar-refractivity contribution in [3.63, 3.8) is 0 Å². The highest BCUT2D eigenvalue weighted by Gasteiger charge is 2.44. The van der Waals surface area contributed by atoms with Crippen molar-refractivity contribution in [1.82, 2.24) is 5.32 Å². The van der Waals surface area contributed by atoms with Crippen LogP contribution in [0.4, 0.5) is 0 Å². The van der Waals surface area contributed by atoms with Gasteiger partial charge in [0.2, 0.25) is 5.91 Å². The summed E-state index contributed by atoms with van der Waals surface area (Å²) in [4.78, 5) is 13.1. The molecule has 9 heteroatoms. The third-order valence-electron chi connectivity index (χ3n) is 14.1. The largest absolute Gasteiger partial charge is 0.394 e. The van der Waals surface area contributed by atoms with Crippen LogP contribution in [0.1, 0.15) is 264 Å². The summed E-state index contributed by atoms with van der Waals surface area (Å²) < 4.78 is 11.3. The fourth-order valence-electron chi connectivity index (χ4n) is 9.34. The molecule has 1 heterocycles. The second kappa shape index (κ2) is 52.1. The predicted molar refractivity (Wildman–Crippen MR) is 304 cm³/mol. The van der Waals surface area contributed by atoms with Gasteiger partial charge in [0.05, 0.1) is 25.4 Å². The van der Waals surface area contributed by atoms with Crippen molar-refractivity contribution >= 4 is 5.91 Å². The number of allylic oxidation sites excluding steroid dienone is 12. The SMILES string of the molecule is CC/C=C\C/C=C\C/C=C\C/C=C\C/C=C\C/C=C\CCCCCCCCCCCCCCCCC(=O)NC(COC1OC(CO)C(O)C(O)C1O)C(O)CCCCCCCCCCCCCCCCCC. The topological polar surface area (TPSA) is 149 Å². The first kappa shape index (κ1) is 67.6. The number of nitrogens with one attached hydrogen (secondary N) is 1. The van der Waals surface area contributed by atoms with Crippen molar-refractivity contribution in [1.29, 1.82) is 0 Å². The van der Waals surface area contributed by atoms with Gasteiger partial charge in [0.15, 0.2) is 6.29 Å². The maximum atomic E-state index is 13.1. The van der Waals surface area contributed by atoms with Crippen LogP contribution in [0.15, 0.2) is 72.9 Å². The molecule has 0 saturated carbocycles. The number of amides is 1. The van der Waals surface area contributed by atoms with Crippen molar-refractivity contribution in [2.75, 3.05) is 13.2 Å². The maximum Gasteiger partial charge on any atom is 0.220 e. The number of ether oxygens (including phenoxy) is 2. The first-order valence-electron chi connectivity index (χ1n) is 30.1. The fraction of sp³-hybridized carbons (Fsp3) is 0.794. The molecule has 6 N–H and O–H groups in total. The zero-order chi connectivity index (χ0) is 52.2. The highest BCUT2D eigenvalue weighted by Crippen LogP contribution is 2.23. The molecular weight excluding hydrogens is 899 g/mol. The number of aliphatic hydroxyl groups is 5. The molecule has 7 atom stereocenters. The Morgan fingerprint density at radius 2 is 0.861 bits per heavy atom. The third kappa shape index (κ3) is 40.9. The van der Waals surface area contributed by atoms with E-state index in [1.54, 1.807) is 0 Å². The van der Waals surface area contributed by atoms with Gasteiger partial charge in [-0.2, -0.15) is 0 Å². The molecule has 1 fully saturated rings. The molecule has 0 spiro atoms. The number of carbonyl (C=O) groups is 1. The molecule has 0 aromatic heterocycles. The maximum absolute atomic E-state index is 13.1. The van der Waals surface area contributed by atoms with Crippen molar-refractivity contribution in [3.05, 3.63) is 72.9 Å². The number of rotatable bonds is 51. The van der Waals surface area contributed by atoms with Gasteiger partial charge in [0.1, 0.15) is 24.4 Å². The van der Waals surface area contributed by atoms with E-state index >= 15 is 0 Å². The monoisotopic (exact) mass is 1010 g/mol. The number of hydrogen-bond acceptors (Lipinski definition) is 8. The zero-order valence-corrected chi connectivity index (χ0v) is 46.4. The first-order valence-corrected chi connectivity index (χ1v) is 30.1. The van der Waals surface area contributed by atoms with E-state index in [-0.39, 0.29) is 12.5 Å². The Balaban J connectivity index is 2.14. The molecule has 72 heavy (non-hydrogen) atoms. The summed E-state index contributed by atoms with van der Waals surface area (Å²) in [6.45, 7) is 3.74. The number of unbranched alkanes of at least 4 members (excludes halogenated alkanes) is 29. The van der Waals surface area contributed by atoms with Crippen LogP contribution in [0.25, 0.3) is 0 Å². The van der Waals surface area contributed by atoms with Gasteiger partial charge in [-0.05, 0) is 64.2 Å². The van der Waals surface area contributed by atoms with E-state index in [0.717, 1.165) is 77.0 Å². The molecule has 1 rings (SSSR count). The molecule has 1 aliphatic heterocycles. The Hall–Kier alpha value is -2.37. The summed E-state index contributed by atoms with van der Waals surface area (Å²) in [5, 5.41) is 54.7. The minimum atomic E-state index is -1.56. The normalized spacial score (nSPS) is 19.7. The molecule has 0 bridgehead atoms. The summed E-state index contributed by atoms with van der Waals surface area (Å²) in [7, 11) is 0.